The van der Waals surface area contributed by atoms with Gasteiger partial charge in [0.15, 0.2) is 6.29 Å². The molecule has 11 heteroatoms. The Morgan fingerprint density at radius 3 is 2.13 bits per heavy atom. The second kappa shape index (κ2) is 12.7. The zero-order valence-electron chi connectivity index (χ0n) is 19.9. The number of hydrogen-bond donors (Lipinski definition) is 3. The van der Waals surface area contributed by atoms with Crippen LogP contribution in [-0.2, 0) is 20.9 Å². The van der Waals surface area contributed by atoms with Crippen molar-refractivity contribution < 1.29 is 29.3 Å². The highest BCUT2D eigenvalue weighted by Gasteiger charge is 2.33. The van der Waals surface area contributed by atoms with E-state index in [4.69, 9.17) is 49.4 Å². The smallest absolute Gasteiger partial charge is 0.335 e. The van der Waals surface area contributed by atoms with Crippen LogP contribution in [0.4, 0.5) is 5.69 Å². The molecular weight excluding hydrogens is 573 g/mol. The Bertz CT molecular complexity index is 1250. The van der Waals surface area contributed by atoms with E-state index in [0.29, 0.717) is 17.9 Å². The highest BCUT2D eigenvalue weighted by molar-refractivity contribution is 7.99. The van der Waals surface area contributed by atoms with Gasteiger partial charge in [0.25, 0.3) is 9.70 Å². The van der Waals surface area contributed by atoms with Crippen LogP contribution in [0.15, 0.2) is 77.7 Å². The number of carboxylic acids is 1. The third-order valence-electron chi connectivity index (χ3n) is 5.85. The molecule has 4 rings (SSSR count). The number of hydrogen-bond acceptors (Lipinski definition) is 6. The number of benzene rings is 3. The third kappa shape index (κ3) is 7.64. The minimum atomic E-state index is -2.08. The summed E-state index contributed by atoms with van der Waals surface area (Å²) in [5, 5.41) is 21.0. The molecule has 1 amide bonds. The van der Waals surface area contributed by atoms with Gasteiger partial charge in [-0.2, -0.15) is 0 Å². The molecule has 1 heterocycles. The molecule has 38 heavy (non-hydrogen) atoms. The van der Waals surface area contributed by atoms with E-state index in [2.05, 4.69) is 5.32 Å². The van der Waals surface area contributed by atoms with Crippen LogP contribution in [-0.4, -0.2) is 37.7 Å². The fourth-order valence-corrected chi connectivity index (χ4v) is 4.89. The van der Waals surface area contributed by atoms with Gasteiger partial charge in [-0.15, -0.1) is 11.8 Å². The maximum Gasteiger partial charge on any atom is 0.335 e. The largest absolute Gasteiger partial charge is 0.478 e. The number of halogens is 3. The van der Waals surface area contributed by atoms with Crippen molar-refractivity contribution in [2.75, 3.05) is 11.1 Å². The maximum absolute atomic E-state index is 11.9. The Morgan fingerprint density at radius 2 is 1.55 bits per heavy atom. The molecule has 0 radical (unpaired) electrons. The van der Waals surface area contributed by atoms with E-state index in [1.807, 2.05) is 24.3 Å². The molecule has 3 N–H and O–H groups in total. The third-order valence-corrected chi connectivity index (χ3v) is 7.51. The van der Waals surface area contributed by atoms with Crippen molar-refractivity contribution in [2.45, 2.75) is 40.2 Å². The second-order valence-corrected chi connectivity index (χ2v) is 11.9. The Morgan fingerprint density at radius 1 is 0.921 bits per heavy atom. The van der Waals surface area contributed by atoms with E-state index in [1.165, 1.54) is 0 Å². The summed E-state index contributed by atoms with van der Waals surface area (Å²) in [6, 6.07) is 21.2. The summed E-state index contributed by atoms with van der Waals surface area (Å²) in [6.45, 7) is -0.0430. The summed E-state index contributed by atoms with van der Waals surface area (Å²) in [4.78, 5) is 24.0. The van der Waals surface area contributed by atoms with E-state index in [-0.39, 0.29) is 24.4 Å². The van der Waals surface area contributed by atoms with Crippen LogP contribution in [0.25, 0.3) is 0 Å². The van der Waals surface area contributed by atoms with Gasteiger partial charge in [-0.1, -0.05) is 71.2 Å². The number of rotatable bonds is 8. The lowest BCUT2D eigenvalue weighted by Gasteiger charge is -2.36. The minimum Gasteiger partial charge on any atom is -0.478 e. The quantitative estimate of drug-likeness (QED) is 0.201. The van der Waals surface area contributed by atoms with Gasteiger partial charge < -0.3 is 25.0 Å². The Labute approximate surface area is 239 Å². The lowest BCUT2D eigenvalue weighted by molar-refractivity contribution is -0.245. The van der Waals surface area contributed by atoms with Crippen molar-refractivity contribution >= 4 is 64.1 Å². The average molecular weight is 597 g/mol. The predicted octanol–water partition coefficient (Wildman–Crippen LogP) is 6.52. The fraction of sp³-hybridized carbons (Fsp3) is 0.259. The van der Waals surface area contributed by atoms with E-state index in [9.17, 15) is 14.7 Å². The van der Waals surface area contributed by atoms with Crippen molar-refractivity contribution in [2.24, 2.45) is 0 Å². The van der Waals surface area contributed by atoms with Crippen molar-refractivity contribution in [3.8, 4) is 0 Å². The lowest BCUT2D eigenvalue weighted by atomic mass is 10.0. The summed E-state index contributed by atoms with van der Waals surface area (Å²) in [5.41, 5.74) is 3.20. The van der Waals surface area contributed by atoms with Gasteiger partial charge in [0.05, 0.1) is 24.4 Å². The number of aliphatic hydroxyl groups excluding tert-OH is 1. The minimum absolute atomic E-state index is 0.0430. The molecule has 3 atom stereocenters. The van der Waals surface area contributed by atoms with Crippen LogP contribution < -0.4 is 5.32 Å². The molecule has 0 spiro atoms. The van der Waals surface area contributed by atoms with Crippen LogP contribution in [0.3, 0.4) is 0 Å². The Kier molecular flexibility index (Phi) is 9.59. The number of aliphatic hydroxyl groups is 1. The summed E-state index contributed by atoms with van der Waals surface area (Å²) in [7, 11) is 0. The highest BCUT2D eigenvalue weighted by atomic mass is 35.6. The lowest BCUT2D eigenvalue weighted by Crippen LogP contribution is -2.31. The van der Waals surface area contributed by atoms with E-state index < -0.39 is 22.0 Å². The molecule has 0 saturated carbocycles. The number of carboxylic acid groups (broad SMARTS) is 1. The first kappa shape index (κ1) is 28.7. The average Bonchev–Trinajstić information content (AvgIpc) is 2.92. The first-order chi connectivity index (χ1) is 18.1. The number of carbonyl (C=O) groups is 2. The molecule has 1 saturated heterocycles. The van der Waals surface area contributed by atoms with Gasteiger partial charge in [0.1, 0.15) is 0 Å². The standard InChI is InChI=1S/C27H24Cl3NO6S/c28-27(29,30)26(35)31-20-9-5-19(6-10-20)25-36-21(15-38-22-11-7-18(8-12-22)24(33)34)13-23(37-25)17-3-1-16(14-32)2-4-17/h1-12,21,23,25,32H,13-15H2,(H,31,35)(H,33,34)/t21-,23+,25+/m1/s1. The molecule has 0 aromatic heterocycles. The van der Waals surface area contributed by atoms with Crippen LogP contribution in [0.5, 0.6) is 0 Å². The molecule has 0 unspecified atom stereocenters. The summed E-state index contributed by atoms with van der Waals surface area (Å²) in [6.07, 6.45) is -0.509. The van der Waals surface area contributed by atoms with Crippen molar-refractivity contribution in [1.29, 1.82) is 0 Å². The monoisotopic (exact) mass is 595 g/mol. The van der Waals surface area contributed by atoms with Gasteiger partial charge in [0, 0.05) is 28.3 Å². The normalized spacial score (nSPS) is 19.6. The van der Waals surface area contributed by atoms with Crippen LogP contribution in [0, 0.1) is 0 Å². The number of thioether (sulfide) groups is 1. The zero-order chi connectivity index (χ0) is 27.3. The van der Waals surface area contributed by atoms with Gasteiger partial charge >= 0.3 is 5.97 Å². The van der Waals surface area contributed by atoms with Gasteiger partial charge in [-0.25, -0.2) is 4.79 Å². The molecular formula is C27H24Cl3NO6S. The zero-order valence-corrected chi connectivity index (χ0v) is 22.9. The maximum atomic E-state index is 11.9. The van der Waals surface area contributed by atoms with Crippen molar-refractivity contribution in [1.82, 2.24) is 0 Å². The van der Waals surface area contributed by atoms with Crippen LogP contribution in [0.1, 0.15) is 45.9 Å². The summed E-state index contributed by atoms with van der Waals surface area (Å²) < 4.78 is 10.5. The van der Waals surface area contributed by atoms with Crippen molar-refractivity contribution in [3.63, 3.8) is 0 Å². The van der Waals surface area contributed by atoms with E-state index in [0.717, 1.165) is 21.6 Å². The predicted molar refractivity (Wildman–Crippen MR) is 148 cm³/mol. The molecule has 0 bridgehead atoms. The van der Waals surface area contributed by atoms with Crippen LogP contribution >= 0.6 is 46.6 Å². The SMILES string of the molecule is O=C(O)c1ccc(SC[C@H]2C[C@@H](c3ccc(CO)cc3)O[C@@H](c3ccc(NC(=O)C(Cl)(Cl)Cl)cc3)O2)cc1. The number of carbonyl (C=O) groups excluding carboxylic acids is 1. The first-order valence-corrected chi connectivity index (χ1v) is 13.7. The number of alkyl halides is 3. The molecule has 3 aromatic rings. The number of anilines is 1. The van der Waals surface area contributed by atoms with Gasteiger partial charge in [-0.3, -0.25) is 4.79 Å². The van der Waals surface area contributed by atoms with E-state index in [1.54, 1.807) is 60.3 Å². The molecule has 1 aliphatic rings. The summed E-state index contributed by atoms with van der Waals surface area (Å²) in [5.74, 6) is -1.11. The highest BCUT2D eigenvalue weighted by Crippen LogP contribution is 2.40. The molecule has 1 fully saturated rings. The van der Waals surface area contributed by atoms with Crippen LogP contribution in [0.2, 0.25) is 0 Å². The van der Waals surface area contributed by atoms with Gasteiger partial charge in [-0.05, 0) is 47.5 Å². The van der Waals surface area contributed by atoms with Crippen molar-refractivity contribution in [3.05, 3.63) is 95.1 Å². The first-order valence-electron chi connectivity index (χ1n) is 11.6. The molecule has 7 nitrogen and oxygen atoms in total. The number of amides is 1. The topological polar surface area (TPSA) is 105 Å². The van der Waals surface area contributed by atoms with Gasteiger partial charge in [0.2, 0.25) is 0 Å². The number of ether oxygens (including phenoxy) is 2. The Balaban J connectivity index is 1.50. The fourth-order valence-electron chi connectivity index (χ4n) is 3.83. The summed E-state index contributed by atoms with van der Waals surface area (Å²) >= 11 is 18.5. The number of aromatic carboxylic acids is 1. The molecule has 3 aromatic carbocycles. The molecule has 0 aliphatic carbocycles. The molecule has 200 valence electrons. The molecule has 1 aliphatic heterocycles. The number of nitrogens with one attached hydrogen (secondary N) is 1. The second-order valence-electron chi connectivity index (χ2n) is 8.56. The van der Waals surface area contributed by atoms with E-state index >= 15 is 0 Å². The Hall–Kier alpha value is -2.30.